The molecule has 1 aromatic rings. The second-order valence-electron chi connectivity index (χ2n) is 3.30. The van der Waals surface area contributed by atoms with E-state index in [-0.39, 0.29) is 6.04 Å². The molecular weight excluding hydrogens is 152 g/mol. The standard InChI is InChI=1S/C8H14N4/c1-2-12-8(10-5-11-12)7(9)6-3-4-6/h5-7H,2-4,9H2,1H3. The first-order valence-electron chi connectivity index (χ1n) is 4.46. The summed E-state index contributed by atoms with van der Waals surface area (Å²) in [6, 6.07) is 0.104. The highest BCUT2D eigenvalue weighted by molar-refractivity contribution is 5.00. The lowest BCUT2D eigenvalue weighted by Gasteiger charge is -2.09. The highest BCUT2D eigenvalue weighted by Crippen LogP contribution is 2.38. The minimum absolute atomic E-state index is 0.104. The molecule has 1 aliphatic carbocycles. The lowest BCUT2D eigenvalue weighted by Crippen LogP contribution is -2.18. The minimum Gasteiger partial charge on any atom is -0.321 e. The topological polar surface area (TPSA) is 56.7 Å². The van der Waals surface area contributed by atoms with E-state index in [4.69, 9.17) is 5.73 Å². The Balaban J connectivity index is 2.19. The molecule has 12 heavy (non-hydrogen) atoms. The predicted molar refractivity (Wildman–Crippen MR) is 45.3 cm³/mol. The molecule has 4 nitrogen and oxygen atoms in total. The van der Waals surface area contributed by atoms with Crippen molar-refractivity contribution in [2.24, 2.45) is 11.7 Å². The van der Waals surface area contributed by atoms with Crippen molar-refractivity contribution in [3.8, 4) is 0 Å². The minimum atomic E-state index is 0.104. The van der Waals surface area contributed by atoms with Crippen LogP contribution < -0.4 is 5.73 Å². The average Bonchev–Trinajstić information content (AvgIpc) is 2.82. The zero-order valence-corrected chi connectivity index (χ0v) is 7.27. The van der Waals surface area contributed by atoms with E-state index in [0.717, 1.165) is 12.4 Å². The summed E-state index contributed by atoms with van der Waals surface area (Å²) in [5.74, 6) is 1.60. The van der Waals surface area contributed by atoms with Crippen molar-refractivity contribution in [3.05, 3.63) is 12.2 Å². The van der Waals surface area contributed by atoms with Gasteiger partial charge >= 0.3 is 0 Å². The van der Waals surface area contributed by atoms with E-state index in [9.17, 15) is 0 Å². The third kappa shape index (κ3) is 1.22. The first-order valence-corrected chi connectivity index (χ1v) is 4.46. The van der Waals surface area contributed by atoms with Crippen LogP contribution in [0.5, 0.6) is 0 Å². The van der Waals surface area contributed by atoms with Gasteiger partial charge in [0.25, 0.3) is 0 Å². The monoisotopic (exact) mass is 166 g/mol. The molecule has 1 aromatic heterocycles. The van der Waals surface area contributed by atoms with Gasteiger partial charge in [0.15, 0.2) is 0 Å². The predicted octanol–water partition coefficient (Wildman–Crippen LogP) is 0.708. The van der Waals surface area contributed by atoms with Crippen LogP contribution >= 0.6 is 0 Å². The van der Waals surface area contributed by atoms with E-state index in [1.54, 1.807) is 6.33 Å². The molecule has 1 fully saturated rings. The second-order valence-corrected chi connectivity index (χ2v) is 3.30. The Morgan fingerprint density at radius 2 is 2.50 bits per heavy atom. The zero-order chi connectivity index (χ0) is 8.55. The molecule has 2 N–H and O–H groups in total. The molecule has 0 aliphatic heterocycles. The molecule has 4 heteroatoms. The van der Waals surface area contributed by atoms with E-state index in [1.807, 2.05) is 4.68 Å². The number of aryl methyl sites for hydroxylation is 1. The highest BCUT2D eigenvalue weighted by atomic mass is 15.3. The number of hydrogen-bond acceptors (Lipinski definition) is 3. The summed E-state index contributed by atoms with van der Waals surface area (Å²) < 4.78 is 1.88. The van der Waals surface area contributed by atoms with Gasteiger partial charge in [-0.25, -0.2) is 9.67 Å². The Morgan fingerprint density at radius 1 is 1.75 bits per heavy atom. The van der Waals surface area contributed by atoms with Gasteiger partial charge < -0.3 is 5.73 Å². The van der Waals surface area contributed by atoms with Crippen LogP contribution in [0.1, 0.15) is 31.6 Å². The van der Waals surface area contributed by atoms with E-state index in [0.29, 0.717) is 5.92 Å². The third-order valence-corrected chi connectivity index (χ3v) is 2.37. The van der Waals surface area contributed by atoms with Crippen molar-refractivity contribution >= 4 is 0 Å². The Labute approximate surface area is 71.8 Å². The normalized spacial score (nSPS) is 19.5. The molecule has 1 aliphatic rings. The summed E-state index contributed by atoms with van der Waals surface area (Å²) in [6.07, 6.45) is 4.08. The van der Waals surface area contributed by atoms with Gasteiger partial charge in [0.1, 0.15) is 12.2 Å². The first kappa shape index (κ1) is 7.73. The van der Waals surface area contributed by atoms with E-state index < -0.39 is 0 Å². The van der Waals surface area contributed by atoms with Crippen LogP contribution in [0.3, 0.4) is 0 Å². The summed E-state index contributed by atoms with van der Waals surface area (Å²) in [4.78, 5) is 4.18. The summed E-state index contributed by atoms with van der Waals surface area (Å²) in [5.41, 5.74) is 6.00. The van der Waals surface area contributed by atoms with Gasteiger partial charge in [0.05, 0.1) is 6.04 Å². The summed E-state index contributed by atoms with van der Waals surface area (Å²) in [5, 5.41) is 4.09. The van der Waals surface area contributed by atoms with Crippen molar-refractivity contribution in [2.45, 2.75) is 32.4 Å². The van der Waals surface area contributed by atoms with Crippen molar-refractivity contribution < 1.29 is 0 Å². The largest absolute Gasteiger partial charge is 0.321 e. The first-order chi connectivity index (χ1) is 5.83. The van der Waals surface area contributed by atoms with Crippen molar-refractivity contribution in [2.75, 3.05) is 0 Å². The number of nitrogens with zero attached hydrogens (tertiary/aromatic N) is 3. The van der Waals surface area contributed by atoms with Crippen LogP contribution in [0.15, 0.2) is 6.33 Å². The fourth-order valence-corrected chi connectivity index (χ4v) is 1.44. The van der Waals surface area contributed by atoms with E-state index >= 15 is 0 Å². The average molecular weight is 166 g/mol. The molecule has 1 unspecified atom stereocenters. The fraction of sp³-hybridized carbons (Fsp3) is 0.750. The maximum absolute atomic E-state index is 6.00. The molecule has 0 radical (unpaired) electrons. The second kappa shape index (κ2) is 2.86. The molecule has 1 heterocycles. The summed E-state index contributed by atoms with van der Waals surface area (Å²) >= 11 is 0. The number of hydrogen-bond donors (Lipinski definition) is 1. The summed E-state index contributed by atoms with van der Waals surface area (Å²) in [7, 11) is 0. The maximum Gasteiger partial charge on any atom is 0.144 e. The maximum atomic E-state index is 6.00. The van der Waals surface area contributed by atoms with Gasteiger partial charge in [0.2, 0.25) is 0 Å². The van der Waals surface area contributed by atoms with Crippen LogP contribution in [-0.4, -0.2) is 14.8 Å². The van der Waals surface area contributed by atoms with Crippen molar-refractivity contribution in [1.82, 2.24) is 14.8 Å². The lowest BCUT2D eigenvalue weighted by atomic mass is 10.2. The van der Waals surface area contributed by atoms with Gasteiger partial charge in [-0.15, -0.1) is 0 Å². The van der Waals surface area contributed by atoms with Crippen LogP contribution in [-0.2, 0) is 6.54 Å². The van der Waals surface area contributed by atoms with E-state index in [1.165, 1.54) is 12.8 Å². The summed E-state index contributed by atoms with van der Waals surface area (Å²) in [6.45, 7) is 2.91. The molecule has 0 aromatic carbocycles. The Bertz CT molecular complexity index is 264. The third-order valence-electron chi connectivity index (χ3n) is 2.37. The molecule has 2 rings (SSSR count). The van der Waals surface area contributed by atoms with Crippen LogP contribution in [0, 0.1) is 5.92 Å². The zero-order valence-electron chi connectivity index (χ0n) is 7.27. The SMILES string of the molecule is CCn1ncnc1C(N)C1CC1. The van der Waals surface area contributed by atoms with Gasteiger partial charge in [-0.3, -0.25) is 0 Å². The van der Waals surface area contributed by atoms with Crippen LogP contribution in [0.4, 0.5) is 0 Å². The number of aromatic nitrogens is 3. The molecule has 0 spiro atoms. The number of nitrogens with two attached hydrogens (primary N) is 1. The highest BCUT2D eigenvalue weighted by Gasteiger charge is 2.32. The molecule has 0 amide bonds. The molecule has 0 bridgehead atoms. The molecule has 1 saturated carbocycles. The Kier molecular flexibility index (Phi) is 1.84. The molecule has 0 saturated heterocycles. The van der Waals surface area contributed by atoms with Gasteiger partial charge in [-0.05, 0) is 25.7 Å². The Hall–Kier alpha value is -0.900. The van der Waals surface area contributed by atoms with Crippen LogP contribution in [0.25, 0.3) is 0 Å². The van der Waals surface area contributed by atoms with Gasteiger partial charge in [-0.2, -0.15) is 5.10 Å². The van der Waals surface area contributed by atoms with Gasteiger partial charge in [-0.1, -0.05) is 0 Å². The molecule has 1 atom stereocenters. The van der Waals surface area contributed by atoms with E-state index in [2.05, 4.69) is 17.0 Å². The van der Waals surface area contributed by atoms with Gasteiger partial charge in [0, 0.05) is 6.54 Å². The number of rotatable bonds is 3. The van der Waals surface area contributed by atoms with Crippen molar-refractivity contribution in [3.63, 3.8) is 0 Å². The van der Waals surface area contributed by atoms with Crippen molar-refractivity contribution in [1.29, 1.82) is 0 Å². The fourth-order valence-electron chi connectivity index (χ4n) is 1.44. The lowest BCUT2D eigenvalue weighted by molar-refractivity contribution is 0.522. The smallest absolute Gasteiger partial charge is 0.144 e. The molecular formula is C8H14N4. The van der Waals surface area contributed by atoms with Crippen LogP contribution in [0.2, 0.25) is 0 Å². The Morgan fingerprint density at radius 3 is 3.08 bits per heavy atom. The quantitative estimate of drug-likeness (QED) is 0.719. The molecule has 66 valence electrons.